The minimum Gasteiger partial charge on any atom is -0.497 e. The molecule has 0 bridgehead atoms. The van der Waals surface area contributed by atoms with Crippen molar-refractivity contribution in [1.82, 2.24) is 19.5 Å². The maximum atomic E-state index is 11.6. The maximum Gasteiger partial charge on any atom is 0.211 e. The summed E-state index contributed by atoms with van der Waals surface area (Å²) in [5, 5.41) is 9.37. The summed E-state index contributed by atoms with van der Waals surface area (Å²) >= 11 is 1.47. The summed E-state index contributed by atoms with van der Waals surface area (Å²) in [6, 6.07) is 11.3. The SMILES string of the molecule is CNS(=O)(=O)CCCSc1nnc(-c2cccc(OC)c2)n1Cc1ccco1. The van der Waals surface area contributed by atoms with Crippen molar-refractivity contribution in [3.8, 4) is 17.1 Å². The highest BCUT2D eigenvalue weighted by Crippen LogP contribution is 2.27. The summed E-state index contributed by atoms with van der Waals surface area (Å²) in [6.45, 7) is 0.476. The Morgan fingerprint density at radius 2 is 2.11 bits per heavy atom. The number of sulfonamides is 1. The summed E-state index contributed by atoms with van der Waals surface area (Å²) in [7, 11) is -0.168. The lowest BCUT2D eigenvalue weighted by Gasteiger charge is -2.10. The molecule has 0 unspecified atom stereocenters. The average Bonchev–Trinajstić information content (AvgIpc) is 3.36. The van der Waals surface area contributed by atoms with Crippen LogP contribution in [0.2, 0.25) is 0 Å². The molecule has 28 heavy (non-hydrogen) atoms. The zero-order chi connectivity index (χ0) is 20.0. The maximum absolute atomic E-state index is 11.6. The molecule has 0 atom stereocenters. The van der Waals surface area contributed by atoms with Gasteiger partial charge in [-0.1, -0.05) is 23.9 Å². The third-order valence-electron chi connectivity index (χ3n) is 4.04. The normalized spacial score (nSPS) is 11.6. The van der Waals surface area contributed by atoms with Gasteiger partial charge in [0.1, 0.15) is 11.5 Å². The van der Waals surface area contributed by atoms with E-state index in [-0.39, 0.29) is 5.75 Å². The molecule has 0 spiro atoms. The molecular weight excluding hydrogens is 400 g/mol. The van der Waals surface area contributed by atoms with Gasteiger partial charge in [0.05, 0.1) is 25.7 Å². The van der Waals surface area contributed by atoms with Gasteiger partial charge in [0.15, 0.2) is 11.0 Å². The molecule has 10 heteroatoms. The first-order valence-electron chi connectivity index (χ1n) is 8.66. The molecule has 1 N–H and O–H groups in total. The van der Waals surface area contributed by atoms with E-state index in [1.807, 2.05) is 41.0 Å². The van der Waals surface area contributed by atoms with Gasteiger partial charge in [-0.05, 0) is 37.7 Å². The summed E-state index contributed by atoms with van der Waals surface area (Å²) in [5.41, 5.74) is 0.878. The number of thioether (sulfide) groups is 1. The number of nitrogens with one attached hydrogen (secondary N) is 1. The first kappa shape index (κ1) is 20.4. The molecule has 2 heterocycles. The van der Waals surface area contributed by atoms with Gasteiger partial charge < -0.3 is 9.15 Å². The van der Waals surface area contributed by atoms with Gasteiger partial charge in [-0.15, -0.1) is 10.2 Å². The second kappa shape index (κ2) is 9.26. The van der Waals surface area contributed by atoms with Gasteiger partial charge in [-0.2, -0.15) is 0 Å². The second-order valence-corrected chi connectivity index (χ2v) is 9.04. The quantitative estimate of drug-likeness (QED) is 0.396. The van der Waals surface area contributed by atoms with Crippen molar-refractivity contribution in [3.05, 3.63) is 48.4 Å². The fraction of sp³-hybridized carbons (Fsp3) is 0.333. The molecule has 3 rings (SSSR count). The van der Waals surface area contributed by atoms with Crippen LogP contribution >= 0.6 is 11.8 Å². The number of hydrogen-bond donors (Lipinski definition) is 1. The van der Waals surface area contributed by atoms with E-state index in [9.17, 15) is 8.42 Å². The zero-order valence-corrected chi connectivity index (χ0v) is 17.3. The lowest BCUT2D eigenvalue weighted by molar-refractivity contribution is 0.415. The van der Waals surface area contributed by atoms with Gasteiger partial charge in [-0.25, -0.2) is 13.1 Å². The number of aromatic nitrogens is 3. The molecule has 1 aromatic carbocycles. The first-order chi connectivity index (χ1) is 13.5. The van der Waals surface area contributed by atoms with Crippen LogP contribution < -0.4 is 9.46 Å². The van der Waals surface area contributed by atoms with Crippen molar-refractivity contribution in [2.45, 2.75) is 18.1 Å². The minimum atomic E-state index is -3.21. The fourth-order valence-electron chi connectivity index (χ4n) is 2.59. The Hall–Kier alpha value is -2.30. The topological polar surface area (TPSA) is 99.3 Å². The number of nitrogens with zero attached hydrogens (tertiary/aromatic N) is 3. The van der Waals surface area contributed by atoms with Crippen LogP contribution in [0.1, 0.15) is 12.2 Å². The third-order valence-corrected chi connectivity index (χ3v) is 6.54. The van der Waals surface area contributed by atoms with Crippen molar-refractivity contribution < 1.29 is 17.6 Å². The third kappa shape index (κ3) is 5.15. The van der Waals surface area contributed by atoms with E-state index in [4.69, 9.17) is 9.15 Å². The Balaban J connectivity index is 1.82. The molecule has 0 aliphatic rings. The Morgan fingerprint density at radius 1 is 1.25 bits per heavy atom. The summed E-state index contributed by atoms with van der Waals surface area (Å²) in [6.07, 6.45) is 2.14. The zero-order valence-electron chi connectivity index (χ0n) is 15.7. The lowest BCUT2D eigenvalue weighted by atomic mass is 10.2. The van der Waals surface area contributed by atoms with Gasteiger partial charge in [0.25, 0.3) is 0 Å². The van der Waals surface area contributed by atoms with Crippen LogP contribution in [0.25, 0.3) is 11.4 Å². The highest BCUT2D eigenvalue weighted by molar-refractivity contribution is 7.99. The Bertz CT molecular complexity index is 1000. The smallest absolute Gasteiger partial charge is 0.211 e. The largest absolute Gasteiger partial charge is 0.497 e. The fourth-order valence-corrected chi connectivity index (χ4v) is 4.37. The van der Waals surface area contributed by atoms with Crippen LogP contribution in [0.3, 0.4) is 0 Å². The molecule has 0 amide bonds. The number of ether oxygens (including phenoxy) is 1. The molecule has 150 valence electrons. The van der Waals surface area contributed by atoms with Gasteiger partial charge in [-0.3, -0.25) is 4.57 Å². The predicted molar refractivity (Wildman–Crippen MR) is 108 cm³/mol. The Kier molecular flexibility index (Phi) is 6.76. The standard InChI is InChI=1S/C18H22N4O4S2/c1-19-28(23,24)11-5-10-27-18-21-20-17(14-6-3-7-15(12-14)25-2)22(18)13-16-8-4-9-26-16/h3-4,6-9,12,19H,5,10-11,13H2,1-2H3. The summed E-state index contributed by atoms with van der Waals surface area (Å²) in [5.74, 6) is 2.89. The van der Waals surface area contributed by atoms with Crippen LogP contribution in [-0.4, -0.2) is 48.8 Å². The van der Waals surface area contributed by atoms with E-state index < -0.39 is 10.0 Å². The number of methoxy groups -OCH3 is 1. The summed E-state index contributed by atoms with van der Waals surface area (Å²) in [4.78, 5) is 0. The van der Waals surface area contributed by atoms with E-state index in [0.717, 1.165) is 17.1 Å². The number of benzene rings is 1. The molecule has 0 aliphatic carbocycles. The van der Waals surface area contributed by atoms with Crippen LogP contribution in [0.15, 0.2) is 52.2 Å². The summed E-state index contributed by atoms with van der Waals surface area (Å²) < 4.78 is 38.2. The van der Waals surface area contributed by atoms with Crippen LogP contribution in [0.4, 0.5) is 0 Å². The molecule has 8 nitrogen and oxygen atoms in total. The minimum absolute atomic E-state index is 0.0750. The molecule has 0 saturated carbocycles. The van der Waals surface area contributed by atoms with E-state index in [2.05, 4.69) is 14.9 Å². The first-order valence-corrected chi connectivity index (χ1v) is 11.3. The number of furan rings is 1. The number of hydrogen-bond acceptors (Lipinski definition) is 7. The van der Waals surface area contributed by atoms with Crippen molar-refractivity contribution in [3.63, 3.8) is 0 Å². The van der Waals surface area contributed by atoms with Crippen molar-refractivity contribution in [1.29, 1.82) is 0 Å². The Labute approximate surface area is 168 Å². The van der Waals surface area contributed by atoms with Crippen molar-refractivity contribution in [2.24, 2.45) is 0 Å². The van der Waals surface area contributed by atoms with Gasteiger partial charge >= 0.3 is 0 Å². The molecule has 0 aliphatic heterocycles. The molecule has 0 radical (unpaired) electrons. The monoisotopic (exact) mass is 422 g/mol. The van der Waals surface area contributed by atoms with E-state index in [1.165, 1.54) is 18.8 Å². The second-order valence-electron chi connectivity index (χ2n) is 5.93. The highest BCUT2D eigenvalue weighted by Gasteiger charge is 2.17. The van der Waals surface area contributed by atoms with Crippen LogP contribution in [0, 0.1) is 0 Å². The molecular formula is C18H22N4O4S2. The molecule has 0 fully saturated rings. The molecule has 3 aromatic rings. The molecule has 2 aromatic heterocycles. The van der Waals surface area contributed by atoms with Crippen LogP contribution in [-0.2, 0) is 16.6 Å². The lowest BCUT2D eigenvalue weighted by Crippen LogP contribution is -2.22. The molecule has 0 saturated heterocycles. The Morgan fingerprint density at radius 3 is 2.82 bits per heavy atom. The predicted octanol–water partition coefficient (Wildman–Crippen LogP) is 2.63. The van der Waals surface area contributed by atoms with E-state index in [0.29, 0.717) is 29.7 Å². The average molecular weight is 423 g/mol. The van der Waals surface area contributed by atoms with Crippen molar-refractivity contribution >= 4 is 21.8 Å². The van der Waals surface area contributed by atoms with E-state index in [1.54, 1.807) is 13.4 Å². The van der Waals surface area contributed by atoms with Gasteiger partial charge in [0.2, 0.25) is 10.0 Å². The highest BCUT2D eigenvalue weighted by atomic mass is 32.2. The number of rotatable bonds is 10. The van der Waals surface area contributed by atoms with Gasteiger partial charge in [0, 0.05) is 11.3 Å². The van der Waals surface area contributed by atoms with Crippen molar-refractivity contribution in [2.75, 3.05) is 25.7 Å². The van der Waals surface area contributed by atoms with E-state index >= 15 is 0 Å². The van der Waals surface area contributed by atoms with Crippen LogP contribution in [0.5, 0.6) is 5.75 Å².